The molecule has 0 unspecified atom stereocenters. The lowest BCUT2D eigenvalue weighted by Gasteiger charge is -2.13. The van der Waals surface area contributed by atoms with Crippen molar-refractivity contribution in [1.29, 1.82) is 0 Å². The van der Waals surface area contributed by atoms with Gasteiger partial charge in [-0.05, 0) is 35.6 Å². The van der Waals surface area contributed by atoms with Crippen molar-refractivity contribution in [2.24, 2.45) is 14.1 Å². The summed E-state index contributed by atoms with van der Waals surface area (Å²) >= 11 is 0. The van der Waals surface area contributed by atoms with Gasteiger partial charge >= 0.3 is 11.7 Å². The molecule has 0 saturated carbocycles. The number of fused-ring (bicyclic) bond motifs is 2. The van der Waals surface area contributed by atoms with E-state index in [2.05, 4.69) is 23.8 Å². The summed E-state index contributed by atoms with van der Waals surface area (Å²) in [5.74, 6) is -0.334. The van der Waals surface area contributed by atoms with E-state index in [4.69, 9.17) is 9.72 Å². The third kappa shape index (κ3) is 3.67. The summed E-state index contributed by atoms with van der Waals surface area (Å²) in [5.41, 5.74) is 6.06. The van der Waals surface area contributed by atoms with Crippen molar-refractivity contribution >= 4 is 27.8 Å². The first kappa shape index (κ1) is 22.5. The molecule has 0 amide bonds. The molecule has 0 atom stereocenters. The fraction of sp³-hybridized carbons (Fsp3) is 0.222. The molecule has 4 aromatic heterocycles. The lowest BCUT2D eigenvalue weighted by Crippen LogP contribution is -2.19. The van der Waals surface area contributed by atoms with Gasteiger partial charge in [-0.2, -0.15) is 0 Å². The van der Waals surface area contributed by atoms with Gasteiger partial charge in [-0.3, -0.25) is 19.1 Å². The van der Waals surface area contributed by atoms with Gasteiger partial charge in [0.25, 0.3) is 0 Å². The SMILES string of the molecule is COC(=O)c1ccc(-c2cc3cccc(-c4cc5c(c(C(C)C)n4)n(C)c(=O)n5C)c3cn2)cn1. The maximum absolute atomic E-state index is 12.6. The monoisotopic (exact) mass is 467 g/mol. The summed E-state index contributed by atoms with van der Waals surface area (Å²) in [5, 5.41) is 1.96. The van der Waals surface area contributed by atoms with Gasteiger partial charge < -0.3 is 4.74 Å². The summed E-state index contributed by atoms with van der Waals surface area (Å²) < 4.78 is 8.05. The number of benzene rings is 1. The van der Waals surface area contributed by atoms with Gasteiger partial charge in [0.05, 0.1) is 35.2 Å². The first-order valence-electron chi connectivity index (χ1n) is 11.3. The van der Waals surface area contributed by atoms with Crippen LogP contribution >= 0.6 is 0 Å². The number of ether oxygens (including phenoxy) is 1. The molecule has 0 radical (unpaired) electrons. The Hall–Kier alpha value is -4.33. The highest BCUT2D eigenvalue weighted by molar-refractivity contribution is 5.98. The minimum atomic E-state index is -0.478. The minimum absolute atomic E-state index is 0.0723. The van der Waals surface area contributed by atoms with E-state index in [0.717, 1.165) is 50.0 Å². The van der Waals surface area contributed by atoms with Crippen LogP contribution in [0.4, 0.5) is 0 Å². The van der Waals surface area contributed by atoms with E-state index in [0.29, 0.717) is 0 Å². The highest BCUT2D eigenvalue weighted by atomic mass is 16.5. The zero-order valence-corrected chi connectivity index (χ0v) is 20.2. The molecule has 1 aromatic carbocycles. The first-order chi connectivity index (χ1) is 16.8. The Balaban J connectivity index is 1.65. The van der Waals surface area contributed by atoms with E-state index >= 15 is 0 Å². The number of esters is 1. The second kappa shape index (κ2) is 8.47. The van der Waals surface area contributed by atoms with Crippen LogP contribution in [0.25, 0.3) is 44.3 Å². The molecule has 176 valence electrons. The number of carbonyl (C=O) groups is 1. The van der Waals surface area contributed by atoms with E-state index in [9.17, 15) is 9.59 Å². The van der Waals surface area contributed by atoms with Crippen LogP contribution in [-0.4, -0.2) is 37.2 Å². The van der Waals surface area contributed by atoms with Gasteiger partial charge in [-0.25, -0.2) is 14.6 Å². The highest BCUT2D eigenvalue weighted by Crippen LogP contribution is 2.33. The van der Waals surface area contributed by atoms with Gasteiger partial charge in [0.15, 0.2) is 0 Å². The Morgan fingerprint density at radius 2 is 1.77 bits per heavy atom. The molecule has 0 fully saturated rings. The molecule has 0 N–H and O–H groups in total. The van der Waals surface area contributed by atoms with Gasteiger partial charge in [-0.15, -0.1) is 0 Å². The fourth-order valence-corrected chi connectivity index (χ4v) is 4.43. The number of pyridine rings is 3. The number of nitrogens with zero attached hydrogens (tertiary/aromatic N) is 5. The zero-order chi connectivity index (χ0) is 24.9. The number of aryl methyl sites for hydroxylation is 2. The van der Waals surface area contributed by atoms with Crippen LogP contribution in [0.3, 0.4) is 0 Å². The van der Waals surface area contributed by atoms with Crippen molar-refractivity contribution < 1.29 is 9.53 Å². The van der Waals surface area contributed by atoms with Crippen LogP contribution < -0.4 is 5.69 Å². The molecule has 0 spiro atoms. The Bertz CT molecular complexity index is 1660. The highest BCUT2D eigenvalue weighted by Gasteiger charge is 2.19. The quantitative estimate of drug-likeness (QED) is 0.363. The van der Waals surface area contributed by atoms with Gasteiger partial charge in [0.1, 0.15) is 5.69 Å². The lowest BCUT2D eigenvalue weighted by molar-refractivity contribution is 0.0594. The van der Waals surface area contributed by atoms with Crippen LogP contribution in [0.5, 0.6) is 0 Å². The van der Waals surface area contributed by atoms with Crippen molar-refractivity contribution in [1.82, 2.24) is 24.1 Å². The van der Waals surface area contributed by atoms with Gasteiger partial charge in [-0.1, -0.05) is 32.0 Å². The zero-order valence-electron chi connectivity index (χ0n) is 20.2. The van der Waals surface area contributed by atoms with Crippen molar-refractivity contribution in [2.75, 3.05) is 7.11 Å². The van der Waals surface area contributed by atoms with Crippen molar-refractivity contribution in [3.63, 3.8) is 0 Å². The minimum Gasteiger partial charge on any atom is -0.464 e. The molecular weight excluding hydrogens is 442 g/mol. The van der Waals surface area contributed by atoms with E-state index < -0.39 is 5.97 Å². The number of rotatable bonds is 4. The van der Waals surface area contributed by atoms with Crippen molar-refractivity contribution in [2.45, 2.75) is 19.8 Å². The summed E-state index contributed by atoms with van der Waals surface area (Å²) in [6.07, 6.45) is 3.45. The molecule has 0 saturated heterocycles. The molecule has 5 aromatic rings. The first-order valence-corrected chi connectivity index (χ1v) is 11.3. The number of imidazole rings is 1. The molecule has 0 aliphatic carbocycles. The molecule has 8 nitrogen and oxygen atoms in total. The van der Waals surface area contributed by atoms with Gasteiger partial charge in [0, 0.05) is 43.0 Å². The Morgan fingerprint density at radius 1 is 0.971 bits per heavy atom. The number of methoxy groups -OCH3 is 1. The van der Waals surface area contributed by atoms with E-state index in [1.54, 1.807) is 41.6 Å². The van der Waals surface area contributed by atoms with Crippen LogP contribution in [0.15, 0.2) is 59.7 Å². The summed E-state index contributed by atoms with van der Waals surface area (Å²) in [6, 6.07) is 13.4. The number of hydrogen-bond acceptors (Lipinski definition) is 6. The largest absolute Gasteiger partial charge is 0.464 e. The molecule has 4 heterocycles. The maximum Gasteiger partial charge on any atom is 0.356 e. The summed E-state index contributed by atoms with van der Waals surface area (Å²) in [4.78, 5) is 38.2. The Kier molecular flexibility index (Phi) is 5.43. The molecule has 5 rings (SSSR count). The third-order valence-corrected chi connectivity index (χ3v) is 6.31. The molecule has 0 aliphatic heterocycles. The van der Waals surface area contributed by atoms with Gasteiger partial charge in [0.2, 0.25) is 0 Å². The molecular formula is C27H25N5O3. The van der Waals surface area contributed by atoms with Crippen LogP contribution in [0.2, 0.25) is 0 Å². The molecule has 0 aliphatic rings. The van der Waals surface area contributed by atoms with E-state index in [-0.39, 0.29) is 17.3 Å². The molecule has 35 heavy (non-hydrogen) atoms. The second-order valence-corrected chi connectivity index (χ2v) is 8.84. The molecule has 8 heteroatoms. The third-order valence-electron chi connectivity index (χ3n) is 6.31. The van der Waals surface area contributed by atoms with E-state index in [1.807, 2.05) is 36.5 Å². The number of hydrogen-bond donors (Lipinski definition) is 0. The lowest BCUT2D eigenvalue weighted by atomic mass is 10.00. The Morgan fingerprint density at radius 3 is 2.46 bits per heavy atom. The van der Waals surface area contributed by atoms with Crippen LogP contribution in [0, 0.1) is 0 Å². The van der Waals surface area contributed by atoms with Crippen molar-refractivity contribution in [3.05, 3.63) is 76.7 Å². The van der Waals surface area contributed by atoms with Crippen molar-refractivity contribution in [3.8, 4) is 22.5 Å². The smallest absolute Gasteiger partial charge is 0.356 e. The maximum atomic E-state index is 12.6. The predicted octanol–water partition coefficient (Wildman–Crippen LogP) is 4.46. The standard InChI is InChI=1S/C27H25N5O3/c1-15(2)24-25-23(31(3)27(34)32(25)4)12-22(30-24)18-8-6-7-16-11-21(29-14-19(16)18)17-9-10-20(28-13-17)26(33)35-5/h6-15H,1-5H3. The molecule has 0 bridgehead atoms. The summed E-state index contributed by atoms with van der Waals surface area (Å²) in [6.45, 7) is 4.17. The number of carbonyl (C=O) groups excluding carboxylic acids is 1. The topological polar surface area (TPSA) is 91.9 Å². The van der Waals surface area contributed by atoms with Crippen LogP contribution in [0.1, 0.15) is 35.9 Å². The Labute approximate surface area is 201 Å². The fourth-order valence-electron chi connectivity index (χ4n) is 4.43. The average Bonchev–Trinajstić information content (AvgIpc) is 3.10. The van der Waals surface area contributed by atoms with E-state index in [1.165, 1.54) is 7.11 Å². The van der Waals surface area contributed by atoms with Crippen LogP contribution in [-0.2, 0) is 18.8 Å². The average molecular weight is 468 g/mol. The normalized spacial score (nSPS) is 11.5. The second-order valence-electron chi connectivity index (χ2n) is 8.84. The number of aromatic nitrogens is 5. The summed E-state index contributed by atoms with van der Waals surface area (Å²) in [7, 11) is 4.90. The predicted molar refractivity (Wildman–Crippen MR) is 135 cm³/mol.